The summed E-state index contributed by atoms with van der Waals surface area (Å²) in [5.74, 6) is -0.131. The number of para-hydroxylation sites is 1. The highest BCUT2D eigenvalue weighted by molar-refractivity contribution is 7.09. The number of carbonyl (C=O) groups excluding carboxylic acids is 1. The van der Waals surface area contributed by atoms with Gasteiger partial charge in [-0.15, -0.1) is 11.3 Å². The van der Waals surface area contributed by atoms with Crippen molar-refractivity contribution in [2.45, 2.75) is 13.0 Å². The largest absolute Gasteiger partial charge is 0.375 e. The Hall–Kier alpha value is -1.92. The van der Waals surface area contributed by atoms with Crippen molar-refractivity contribution in [3.05, 3.63) is 46.4 Å². The maximum Gasteiger partial charge on any atom is 0.270 e. The molecule has 0 bridgehead atoms. The molecular weight excluding hydrogens is 284 g/mol. The summed E-state index contributed by atoms with van der Waals surface area (Å²) in [6.07, 6.45) is 0.880. The molecule has 0 spiro atoms. The molecule has 1 aromatic heterocycles. The highest BCUT2D eigenvalue weighted by atomic mass is 32.1. The first kappa shape index (κ1) is 15.5. The number of nitrogens with one attached hydrogen (secondary N) is 1. The topological polar surface area (TPSA) is 71.2 Å². The Morgan fingerprint density at radius 3 is 2.81 bits per heavy atom. The van der Waals surface area contributed by atoms with E-state index >= 15 is 0 Å². The molecular formula is C15H20N4OS. The van der Waals surface area contributed by atoms with Gasteiger partial charge in [0.15, 0.2) is 0 Å². The van der Waals surface area contributed by atoms with Crippen LogP contribution in [0, 0.1) is 0 Å². The third kappa shape index (κ3) is 4.54. The molecule has 0 atom stereocenters. The highest BCUT2D eigenvalue weighted by Crippen LogP contribution is 2.11. The van der Waals surface area contributed by atoms with Crippen LogP contribution in [0.3, 0.4) is 0 Å². The average molecular weight is 304 g/mol. The molecule has 0 aliphatic heterocycles. The lowest BCUT2D eigenvalue weighted by atomic mass is 10.3. The molecule has 2 aromatic rings. The summed E-state index contributed by atoms with van der Waals surface area (Å²) in [6.45, 7) is 1.89. The van der Waals surface area contributed by atoms with Gasteiger partial charge in [0.2, 0.25) is 0 Å². The van der Waals surface area contributed by atoms with Gasteiger partial charge in [0.1, 0.15) is 10.7 Å². The summed E-state index contributed by atoms with van der Waals surface area (Å²) < 4.78 is 0. The molecule has 112 valence electrons. The number of nitrogens with two attached hydrogens (primary N) is 1. The van der Waals surface area contributed by atoms with E-state index in [1.54, 1.807) is 5.38 Å². The normalized spacial score (nSPS) is 10.4. The minimum Gasteiger partial charge on any atom is -0.375 e. The van der Waals surface area contributed by atoms with Gasteiger partial charge in [-0.1, -0.05) is 18.2 Å². The number of nitrogens with zero attached hydrogens (tertiary/aromatic N) is 2. The summed E-state index contributed by atoms with van der Waals surface area (Å²) in [4.78, 5) is 18.2. The van der Waals surface area contributed by atoms with Gasteiger partial charge in [-0.05, 0) is 18.6 Å². The molecule has 0 saturated carbocycles. The monoisotopic (exact) mass is 304 g/mol. The Labute approximate surface area is 128 Å². The van der Waals surface area contributed by atoms with Gasteiger partial charge >= 0.3 is 0 Å². The predicted octanol–water partition coefficient (Wildman–Crippen LogP) is 1.86. The van der Waals surface area contributed by atoms with Crippen LogP contribution in [0.15, 0.2) is 35.7 Å². The number of carbonyl (C=O) groups is 1. The van der Waals surface area contributed by atoms with Crippen LogP contribution in [0.1, 0.15) is 21.9 Å². The van der Waals surface area contributed by atoms with E-state index in [-0.39, 0.29) is 5.91 Å². The molecule has 0 saturated heterocycles. The van der Waals surface area contributed by atoms with Crippen LogP contribution >= 0.6 is 11.3 Å². The van der Waals surface area contributed by atoms with Crippen LogP contribution in [0.25, 0.3) is 0 Å². The standard InChI is InChI=1S/C15H20N4OS/c1-19(12-6-3-2-4-7-12)9-5-8-17-15(20)13-11-21-14(10-16)18-13/h2-4,6-7,11H,5,8-10,16H2,1H3,(H,17,20). The van der Waals surface area contributed by atoms with E-state index in [2.05, 4.69) is 27.3 Å². The lowest BCUT2D eigenvalue weighted by Gasteiger charge is -2.19. The molecule has 6 heteroatoms. The summed E-state index contributed by atoms with van der Waals surface area (Å²) in [5, 5.41) is 5.41. The summed E-state index contributed by atoms with van der Waals surface area (Å²) in [7, 11) is 2.05. The number of anilines is 1. The second-order valence-corrected chi connectivity index (χ2v) is 5.64. The summed E-state index contributed by atoms with van der Waals surface area (Å²) in [6, 6.07) is 10.2. The van der Waals surface area contributed by atoms with Crippen LogP contribution in [-0.4, -0.2) is 31.0 Å². The van der Waals surface area contributed by atoms with Crippen molar-refractivity contribution >= 4 is 22.9 Å². The Balaban J connectivity index is 1.71. The molecule has 0 unspecified atom stereocenters. The second kappa shape index (κ2) is 7.75. The third-order valence-corrected chi connectivity index (χ3v) is 3.98. The number of benzene rings is 1. The molecule has 5 nitrogen and oxygen atoms in total. The fraction of sp³-hybridized carbons (Fsp3) is 0.333. The van der Waals surface area contributed by atoms with Crippen molar-refractivity contribution in [3.63, 3.8) is 0 Å². The predicted molar refractivity (Wildman–Crippen MR) is 86.7 cm³/mol. The molecule has 21 heavy (non-hydrogen) atoms. The van der Waals surface area contributed by atoms with Crippen molar-refractivity contribution in [2.75, 3.05) is 25.0 Å². The molecule has 1 aromatic carbocycles. The van der Waals surface area contributed by atoms with Crippen molar-refractivity contribution in [1.29, 1.82) is 0 Å². The van der Waals surface area contributed by atoms with Crippen LogP contribution in [-0.2, 0) is 6.54 Å². The molecule has 0 radical (unpaired) electrons. The number of hydrogen-bond acceptors (Lipinski definition) is 5. The van der Waals surface area contributed by atoms with Crippen LogP contribution in [0.5, 0.6) is 0 Å². The first-order valence-electron chi connectivity index (χ1n) is 6.89. The molecule has 1 amide bonds. The number of thiazole rings is 1. The van der Waals surface area contributed by atoms with E-state index in [9.17, 15) is 4.79 Å². The van der Waals surface area contributed by atoms with Gasteiger partial charge in [0.05, 0.1) is 0 Å². The third-order valence-electron chi connectivity index (χ3n) is 3.11. The van der Waals surface area contributed by atoms with Gasteiger partial charge in [-0.3, -0.25) is 4.79 Å². The minimum atomic E-state index is -0.131. The molecule has 0 fully saturated rings. The second-order valence-electron chi connectivity index (χ2n) is 4.70. The molecule has 0 aliphatic carbocycles. The lowest BCUT2D eigenvalue weighted by Crippen LogP contribution is -2.28. The number of aromatic nitrogens is 1. The zero-order valence-corrected chi connectivity index (χ0v) is 12.9. The maximum absolute atomic E-state index is 11.9. The Kier molecular flexibility index (Phi) is 5.71. The smallest absolute Gasteiger partial charge is 0.270 e. The summed E-state index contributed by atoms with van der Waals surface area (Å²) >= 11 is 1.41. The van der Waals surface area contributed by atoms with Crippen LogP contribution in [0.2, 0.25) is 0 Å². The average Bonchev–Trinajstić information content (AvgIpc) is 3.01. The van der Waals surface area contributed by atoms with E-state index in [0.29, 0.717) is 18.8 Å². The van der Waals surface area contributed by atoms with Crippen LogP contribution in [0.4, 0.5) is 5.69 Å². The Morgan fingerprint density at radius 2 is 2.14 bits per heavy atom. The quantitative estimate of drug-likeness (QED) is 0.766. The zero-order chi connectivity index (χ0) is 15.1. The van der Waals surface area contributed by atoms with E-state index < -0.39 is 0 Å². The number of rotatable bonds is 7. The maximum atomic E-state index is 11.9. The van der Waals surface area contributed by atoms with Gasteiger partial charge < -0.3 is 16.0 Å². The fourth-order valence-electron chi connectivity index (χ4n) is 1.93. The summed E-state index contributed by atoms with van der Waals surface area (Å²) in [5.41, 5.74) is 7.12. The van der Waals surface area contributed by atoms with E-state index in [0.717, 1.165) is 18.0 Å². The highest BCUT2D eigenvalue weighted by Gasteiger charge is 2.09. The number of hydrogen-bond donors (Lipinski definition) is 2. The molecule has 0 aliphatic rings. The van der Waals surface area contributed by atoms with E-state index in [1.807, 2.05) is 25.2 Å². The van der Waals surface area contributed by atoms with Gasteiger partial charge in [-0.2, -0.15) is 0 Å². The lowest BCUT2D eigenvalue weighted by molar-refractivity contribution is 0.0949. The van der Waals surface area contributed by atoms with Gasteiger partial charge in [0, 0.05) is 37.7 Å². The van der Waals surface area contributed by atoms with Crippen molar-refractivity contribution in [3.8, 4) is 0 Å². The van der Waals surface area contributed by atoms with Crippen LogP contribution < -0.4 is 16.0 Å². The first-order valence-corrected chi connectivity index (χ1v) is 7.77. The SMILES string of the molecule is CN(CCCNC(=O)c1csc(CN)n1)c1ccccc1. The number of amides is 1. The first-order chi connectivity index (χ1) is 10.2. The molecule has 2 rings (SSSR count). The van der Waals surface area contributed by atoms with Crippen molar-refractivity contribution in [1.82, 2.24) is 10.3 Å². The molecule has 3 N–H and O–H groups in total. The molecule has 1 heterocycles. The van der Waals surface area contributed by atoms with E-state index in [4.69, 9.17) is 5.73 Å². The van der Waals surface area contributed by atoms with E-state index in [1.165, 1.54) is 17.0 Å². The zero-order valence-electron chi connectivity index (χ0n) is 12.1. The minimum absolute atomic E-state index is 0.131. The van der Waals surface area contributed by atoms with Gasteiger partial charge in [0.25, 0.3) is 5.91 Å². The fourth-order valence-corrected chi connectivity index (χ4v) is 2.58. The Bertz CT molecular complexity index is 570. The van der Waals surface area contributed by atoms with Crippen molar-refractivity contribution in [2.24, 2.45) is 5.73 Å². The van der Waals surface area contributed by atoms with Gasteiger partial charge in [-0.25, -0.2) is 4.98 Å². The Morgan fingerprint density at radius 1 is 1.38 bits per heavy atom. The van der Waals surface area contributed by atoms with Crippen molar-refractivity contribution < 1.29 is 4.79 Å².